The molecule has 6 heteroatoms. The minimum atomic E-state index is -0.426. The summed E-state index contributed by atoms with van der Waals surface area (Å²) in [5.41, 5.74) is 2.86. The summed E-state index contributed by atoms with van der Waals surface area (Å²) in [7, 11) is 0. The summed E-state index contributed by atoms with van der Waals surface area (Å²) in [6.07, 6.45) is 2.59. The molecule has 0 aliphatic carbocycles. The second-order valence-corrected chi connectivity index (χ2v) is 8.35. The molecule has 1 amide bonds. The Morgan fingerprint density at radius 2 is 1.56 bits per heavy atom. The zero-order valence-corrected chi connectivity index (χ0v) is 20.2. The van der Waals surface area contributed by atoms with Crippen molar-refractivity contribution < 1.29 is 19.0 Å². The highest BCUT2D eigenvalue weighted by Gasteiger charge is 2.32. The fourth-order valence-corrected chi connectivity index (χ4v) is 3.80. The van der Waals surface area contributed by atoms with Crippen LogP contribution in [0, 0.1) is 0 Å². The fourth-order valence-electron chi connectivity index (χ4n) is 3.80. The van der Waals surface area contributed by atoms with E-state index in [2.05, 4.69) is 13.2 Å². The fraction of sp³-hybridized carbons (Fsp3) is 0.200. The highest BCUT2D eigenvalue weighted by molar-refractivity contribution is 5.95. The number of nitrogens with zero attached hydrogens (tertiary/aromatic N) is 2. The van der Waals surface area contributed by atoms with Crippen LogP contribution in [0.1, 0.15) is 16.7 Å². The quantitative estimate of drug-likeness (QED) is 0.325. The zero-order chi connectivity index (χ0) is 25.2. The van der Waals surface area contributed by atoms with Crippen LogP contribution in [0.15, 0.2) is 115 Å². The van der Waals surface area contributed by atoms with Crippen molar-refractivity contribution in [1.29, 1.82) is 0 Å². The van der Waals surface area contributed by atoms with Crippen molar-refractivity contribution in [3.63, 3.8) is 0 Å². The van der Waals surface area contributed by atoms with E-state index in [1.54, 1.807) is 17.1 Å². The number of hydrogen-bond acceptors (Lipinski definition) is 5. The molecule has 1 heterocycles. The van der Waals surface area contributed by atoms with Crippen molar-refractivity contribution in [2.75, 3.05) is 13.1 Å². The van der Waals surface area contributed by atoms with E-state index >= 15 is 0 Å². The van der Waals surface area contributed by atoms with E-state index in [1.807, 2.05) is 84.9 Å². The number of aliphatic imine (C=N–C) groups is 1. The van der Waals surface area contributed by atoms with Crippen LogP contribution in [-0.4, -0.2) is 42.1 Å². The molecular formula is C30H30N2O4. The van der Waals surface area contributed by atoms with Gasteiger partial charge in [-0.25, -0.2) is 9.79 Å². The number of amides is 1. The van der Waals surface area contributed by atoms with Crippen molar-refractivity contribution in [2.45, 2.75) is 25.4 Å². The minimum absolute atomic E-state index is 0.201. The largest absolute Gasteiger partial charge is 0.489 e. The molecule has 0 saturated carbocycles. The van der Waals surface area contributed by atoms with Crippen LogP contribution in [0.4, 0.5) is 4.79 Å². The number of hydrogen-bond donors (Lipinski definition) is 0. The first kappa shape index (κ1) is 24.8. The van der Waals surface area contributed by atoms with Gasteiger partial charge in [0.1, 0.15) is 31.1 Å². The Bertz CT molecular complexity index is 1180. The number of carbonyl (C=O) groups is 1. The van der Waals surface area contributed by atoms with Gasteiger partial charge in [0, 0.05) is 12.1 Å². The molecule has 0 spiro atoms. The molecule has 1 aliphatic heterocycles. The molecule has 0 bridgehead atoms. The molecule has 0 fully saturated rings. The maximum atomic E-state index is 12.8. The summed E-state index contributed by atoms with van der Waals surface area (Å²) < 4.78 is 17.4. The van der Waals surface area contributed by atoms with Gasteiger partial charge in [0.2, 0.25) is 5.90 Å². The Kier molecular flexibility index (Phi) is 8.54. The third kappa shape index (κ3) is 6.63. The van der Waals surface area contributed by atoms with Crippen molar-refractivity contribution in [3.8, 4) is 5.75 Å². The molecule has 0 radical (unpaired) electrons. The van der Waals surface area contributed by atoms with Gasteiger partial charge in [0.15, 0.2) is 0 Å². The summed E-state index contributed by atoms with van der Waals surface area (Å²) in [5.74, 6) is 1.27. The van der Waals surface area contributed by atoms with Crippen molar-refractivity contribution >= 4 is 12.0 Å². The Balaban J connectivity index is 1.38. The molecule has 2 atom stereocenters. The SMILES string of the molecule is C=CCN(C[C@H]1N=C(c2ccc(OCc3ccccc3)cc2)O[C@@H]1C=C)C(=O)OCc1ccccc1. The predicted octanol–water partition coefficient (Wildman–Crippen LogP) is 5.79. The van der Waals surface area contributed by atoms with Gasteiger partial charge in [-0.05, 0) is 41.5 Å². The second-order valence-electron chi connectivity index (χ2n) is 8.35. The second kappa shape index (κ2) is 12.4. The summed E-state index contributed by atoms with van der Waals surface area (Å²) in [6, 6.07) is 26.9. The average Bonchev–Trinajstić information content (AvgIpc) is 3.34. The van der Waals surface area contributed by atoms with Crippen molar-refractivity contribution in [1.82, 2.24) is 4.90 Å². The van der Waals surface area contributed by atoms with Gasteiger partial charge >= 0.3 is 6.09 Å². The Hall–Kier alpha value is -4.32. The number of ether oxygens (including phenoxy) is 3. The molecular weight excluding hydrogens is 452 g/mol. The lowest BCUT2D eigenvalue weighted by atomic mass is 10.1. The van der Waals surface area contributed by atoms with Gasteiger partial charge in [-0.2, -0.15) is 0 Å². The molecule has 184 valence electrons. The summed E-state index contributed by atoms with van der Waals surface area (Å²) >= 11 is 0. The molecule has 0 aromatic heterocycles. The van der Waals surface area contributed by atoms with Gasteiger partial charge in [-0.15, -0.1) is 6.58 Å². The molecule has 0 N–H and O–H groups in total. The van der Waals surface area contributed by atoms with E-state index < -0.39 is 6.09 Å². The zero-order valence-electron chi connectivity index (χ0n) is 20.2. The Morgan fingerprint density at radius 3 is 2.17 bits per heavy atom. The standard InChI is InChI=1S/C30H30N2O4/c1-3-19-32(30(33)35-22-24-13-9-6-10-14-24)20-27-28(4-2)36-29(31-27)25-15-17-26(18-16-25)34-21-23-11-7-5-8-12-23/h3-18,27-28H,1-2,19-22H2/t27-,28-/m1/s1. The van der Waals surface area contributed by atoms with Crippen molar-refractivity contribution in [3.05, 3.63) is 127 Å². The lowest BCUT2D eigenvalue weighted by molar-refractivity contribution is 0.0945. The van der Waals surface area contributed by atoms with Gasteiger partial charge in [-0.1, -0.05) is 73.3 Å². The van der Waals surface area contributed by atoms with Gasteiger partial charge in [-0.3, -0.25) is 0 Å². The maximum Gasteiger partial charge on any atom is 0.410 e. The molecule has 36 heavy (non-hydrogen) atoms. The predicted molar refractivity (Wildman–Crippen MR) is 141 cm³/mol. The molecule has 6 nitrogen and oxygen atoms in total. The molecule has 1 aliphatic rings. The normalized spacial score (nSPS) is 16.4. The number of carbonyl (C=O) groups excluding carboxylic acids is 1. The van der Waals surface area contributed by atoms with Gasteiger partial charge < -0.3 is 19.1 Å². The Morgan fingerprint density at radius 1 is 0.917 bits per heavy atom. The highest BCUT2D eigenvalue weighted by Crippen LogP contribution is 2.23. The van der Waals surface area contributed by atoms with Crippen LogP contribution in [0.25, 0.3) is 0 Å². The van der Waals surface area contributed by atoms with E-state index in [1.165, 1.54) is 0 Å². The molecule has 3 aromatic rings. The smallest absolute Gasteiger partial charge is 0.410 e. The van der Waals surface area contributed by atoms with E-state index in [4.69, 9.17) is 19.2 Å². The van der Waals surface area contributed by atoms with Crippen molar-refractivity contribution in [2.24, 2.45) is 4.99 Å². The van der Waals surface area contributed by atoms with Gasteiger partial charge in [0.25, 0.3) is 0 Å². The van der Waals surface area contributed by atoms with E-state index in [0.717, 1.165) is 22.4 Å². The molecule has 3 aromatic carbocycles. The van der Waals surface area contributed by atoms with Crippen LogP contribution in [0.3, 0.4) is 0 Å². The highest BCUT2D eigenvalue weighted by atomic mass is 16.6. The van der Waals surface area contributed by atoms with Gasteiger partial charge in [0.05, 0.1) is 6.54 Å². The summed E-state index contributed by atoms with van der Waals surface area (Å²) in [5, 5.41) is 0. The lowest BCUT2D eigenvalue weighted by Crippen LogP contribution is -2.40. The van der Waals surface area contributed by atoms with Crippen LogP contribution in [0.2, 0.25) is 0 Å². The Labute approximate surface area is 212 Å². The third-order valence-corrected chi connectivity index (χ3v) is 5.71. The number of benzene rings is 3. The molecule has 4 rings (SSSR count). The molecule has 0 unspecified atom stereocenters. The first-order valence-electron chi connectivity index (χ1n) is 11.9. The van der Waals surface area contributed by atoms with Crippen LogP contribution in [0.5, 0.6) is 5.75 Å². The third-order valence-electron chi connectivity index (χ3n) is 5.71. The van der Waals surface area contributed by atoms with Crippen LogP contribution in [-0.2, 0) is 22.7 Å². The summed E-state index contributed by atoms with van der Waals surface area (Å²) in [4.78, 5) is 19.1. The lowest BCUT2D eigenvalue weighted by Gasteiger charge is -2.24. The first-order chi connectivity index (χ1) is 17.7. The molecule has 0 saturated heterocycles. The number of rotatable bonds is 11. The van der Waals surface area contributed by atoms with E-state index in [-0.39, 0.29) is 18.8 Å². The van der Waals surface area contributed by atoms with Crippen LogP contribution < -0.4 is 4.74 Å². The maximum absolute atomic E-state index is 12.8. The van der Waals surface area contributed by atoms with Crippen LogP contribution >= 0.6 is 0 Å². The topological polar surface area (TPSA) is 60.4 Å². The van der Waals surface area contributed by atoms with E-state index in [9.17, 15) is 4.79 Å². The monoisotopic (exact) mass is 482 g/mol. The summed E-state index contributed by atoms with van der Waals surface area (Å²) in [6.45, 7) is 9.02. The minimum Gasteiger partial charge on any atom is -0.489 e. The van der Waals surface area contributed by atoms with E-state index in [0.29, 0.717) is 25.6 Å². The average molecular weight is 483 g/mol. The first-order valence-corrected chi connectivity index (χ1v) is 11.9.